The molecular formula is C17H25N5O3. The van der Waals surface area contributed by atoms with Gasteiger partial charge in [0.05, 0.1) is 18.4 Å². The number of rotatable bonds is 5. The van der Waals surface area contributed by atoms with Crippen LogP contribution in [0.25, 0.3) is 0 Å². The molecular weight excluding hydrogens is 322 g/mol. The fourth-order valence-electron chi connectivity index (χ4n) is 3.37. The van der Waals surface area contributed by atoms with Crippen LogP contribution in [0.15, 0.2) is 22.8 Å². The molecule has 1 atom stereocenters. The Hall–Kier alpha value is -2.35. The fourth-order valence-corrected chi connectivity index (χ4v) is 3.37. The highest BCUT2D eigenvalue weighted by molar-refractivity contribution is 5.73. The predicted molar refractivity (Wildman–Crippen MR) is 92.0 cm³/mol. The molecule has 8 heteroatoms. The van der Waals surface area contributed by atoms with E-state index in [1.807, 2.05) is 35.7 Å². The summed E-state index contributed by atoms with van der Waals surface area (Å²) in [4.78, 5) is 15.3. The van der Waals surface area contributed by atoms with Gasteiger partial charge in [-0.05, 0) is 25.0 Å². The van der Waals surface area contributed by atoms with Crippen LogP contribution in [0.5, 0.6) is 0 Å². The summed E-state index contributed by atoms with van der Waals surface area (Å²) in [6, 6.07) is 3.76. The van der Waals surface area contributed by atoms with Crippen LogP contribution in [0.1, 0.15) is 31.4 Å². The van der Waals surface area contributed by atoms with Crippen LogP contribution < -0.4 is 4.90 Å². The van der Waals surface area contributed by atoms with Gasteiger partial charge in [-0.25, -0.2) is 0 Å². The minimum Gasteiger partial charge on any atom is -0.467 e. The van der Waals surface area contributed by atoms with Crippen LogP contribution in [0.3, 0.4) is 0 Å². The Kier molecular flexibility index (Phi) is 4.80. The molecule has 1 saturated heterocycles. The summed E-state index contributed by atoms with van der Waals surface area (Å²) in [7, 11) is 3.81. The molecule has 136 valence electrons. The Bertz CT molecular complexity index is 727. The molecule has 0 radical (unpaired) electrons. The molecule has 1 amide bonds. The molecule has 2 aromatic heterocycles. The van der Waals surface area contributed by atoms with E-state index in [0.29, 0.717) is 44.2 Å². The molecule has 0 aromatic carbocycles. The Morgan fingerprint density at radius 2 is 2.28 bits per heavy atom. The molecule has 25 heavy (non-hydrogen) atoms. The van der Waals surface area contributed by atoms with E-state index >= 15 is 0 Å². The standard InChI is InChI=1S/C17H25N5O3/c1-13(23)22-8-5-7-17(24,12-22)10-15-18-19-16(21(15)3)20(2)11-14-6-4-9-25-14/h4,6,9,24H,5,7-8,10-12H2,1-3H3. The minimum atomic E-state index is -0.957. The Morgan fingerprint density at radius 1 is 1.48 bits per heavy atom. The van der Waals surface area contributed by atoms with E-state index in [1.165, 1.54) is 6.92 Å². The van der Waals surface area contributed by atoms with Gasteiger partial charge < -0.3 is 23.9 Å². The molecule has 1 fully saturated rings. The largest absolute Gasteiger partial charge is 0.467 e. The summed E-state index contributed by atoms with van der Waals surface area (Å²) in [5.74, 6) is 2.24. The third-order valence-electron chi connectivity index (χ3n) is 4.74. The van der Waals surface area contributed by atoms with E-state index in [0.717, 1.165) is 12.2 Å². The van der Waals surface area contributed by atoms with Gasteiger partial charge in [-0.3, -0.25) is 4.79 Å². The average Bonchev–Trinajstić information content (AvgIpc) is 3.18. The van der Waals surface area contributed by atoms with Crippen LogP contribution in [0, 0.1) is 0 Å². The van der Waals surface area contributed by atoms with Crippen molar-refractivity contribution in [1.29, 1.82) is 0 Å². The molecule has 3 rings (SSSR count). The van der Waals surface area contributed by atoms with Crippen molar-refractivity contribution in [3.63, 3.8) is 0 Å². The zero-order chi connectivity index (χ0) is 18.0. The van der Waals surface area contributed by atoms with Crippen molar-refractivity contribution in [3.8, 4) is 0 Å². The highest BCUT2D eigenvalue weighted by Gasteiger charge is 2.36. The number of nitrogens with zero attached hydrogens (tertiary/aromatic N) is 5. The fraction of sp³-hybridized carbons (Fsp3) is 0.588. The van der Waals surface area contributed by atoms with Gasteiger partial charge in [-0.15, -0.1) is 10.2 Å². The van der Waals surface area contributed by atoms with Crippen molar-refractivity contribution >= 4 is 11.9 Å². The molecule has 3 heterocycles. The van der Waals surface area contributed by atoms with Gasteiger partial charge in [-0.2, -0.15) is 0 Å². The number of furan rings is 1. The SMILES string of the molecule is CC(=O)N1CCCC(O)(Cc2nnc(N(C)Cc3ccco3)n2C)C1. The van der Waals surface area contributed by atoms with E-state index < -0.39 is 5.60 Å². The van der Waals surface area contributed by atoms with Crippen molar-refractivity contribution in [3.05, 3.63) is 30.0 Å². The summed E-state index contributed by atoms with van der Waals surface area (Å²) in [6.45, 7) is 3.16. The number of anilines is 1. The number of hydrogen-bond donors (Lipinski definition) is 1. The lowest BCUT2D eigenvalue weighted by molar-refractivity contribution is -0.136. The number of aliphatic hydroxyl groups is 1. The zero-order valence-corrected chi connectivity index (χ0v) is 15.0. The summed E-state index contributed by atoms with van der Waals surface area (Å²) < 4.78 is 7.25. The highest BCUT2D eigenvalue weighted by Crippen LogP contribution is 2.26. The zero-order valence-electron chi connectivity index (χ0n) is 15.0. The van der Waals surface area contributed by atoms with Crippen LogP contribution in [-0.2, 0) is 24.8 Å². The average molecular weight is 347 g/mol. The second-order valence-electron chi connectivity index (χ2n) is 6.86. The van der Waals surface area contributed by atoms with Gasteiger partial charge in [0.15, 0.2) is 0 Å². The molecule has 8 nitrogen and oxygen atoms in total. The van der Waals surface area contributed by atoms with Gasteiger partial charge in [-0.1, -0.05) is 0 Å². The monoisotopic (exact) mass is 347 g/mol. The molecule has 0 aliphatic carbocycles. The highest BCUT2D eigenvalue weighted by atomic mass is 16.3. The number of hydrogen-bond acceptors (Lipinski definition) is 6. The number of carbonyl (C=O) groups is 1. The second-order valence-corrected chi connectivity index (χ2v) is 6.86. The van der Waals surface area contributed by atoms with E-state index in [-0.39, 0.29) is 5.91 Å². The minimum absolute atomic E-state index is 0.00467. The first-order valence-electron chi connectivity index (χ1n) is 8.48. The smallest absolute Gasteiger partial charge is 0.227 e. The maximum atomic E-state index is 11.6. The topological polar surface area (TPSA) is 87.6 Å². The first-order chi connectivity index (χ1) is 11.9. The molecule has 1 aliphatic rings. The van der Waals surface area contributed by atoms with Crippen LogP contribution >= 0.6 is 0 Å². The number of likely N-dealkylation sites (tertiary alicyclic amines) is 1. The first-order valence-corrected chi connectivity index (χ1v) is 8.48. The molecule has 0 saturated carbocycles. The summed E-state index contributed by atoms with van der Waals surface area (Å²) >= 11 is 0. The van der Waals surface area contributed by atoms with Crippen molar-refractivity contribution in [2.75, 3.05) is 25.0 Å². The Labute approximate surface area is 147 Å². The first kappa shape index (κ1) is 17.5. The maximum absolute atomic E-state index is 11.6. The van der Waals surface area contributed by atoms with Crippen LogP contribution in [0.4, 0.5) is 5.95 Å². The van der Waals surface area contributed by atoms with Gasteiger partial charge in [0, 0.05) is 40.5 Å². The van der Waals surface area contributed by atoms with Crippen molar-refractivity contribution < 1.29 is 14.3 Å². The number of aromatic nitrogens is 3. The van der Waals surface area contributed by atoms with Gasteiger partial charge in [0.1, 0.15) is 11.6 Å². The number of β-amino-alcohol motifs (C(OH)–C–C–N with tert-alkyl or cyclic N) is 1. The van der Waals surface area contributed by atoms with Crippen LogP contribution in [-0.4, -0.2) is 56.4 Å². The lowest BCUT2D eigenvalue weighted by atomic mass is 9.89. The summed E-state index contributed by atoms with van der Waals surface area (Å²) in [5.41, 5.74) is -0.957. The third-order valence-corrected chi connectivity index (χ3v) is 4.74. The Morgan fingerprint density at radius 3 is 2.96 bits per heavy atom. The quantitative estimate of drug-likeness (QED) is 0.867. The van der Waals surface area contributed by atoms with Crippen molar-refractivity contribution in [2.24, 2.45) is 7.05 Å². The van der Waals surface area contributed by atoms with Crippen molar-refractivity contribution in [1.82, 2.24) is 19.7 Å². The molecule has 1 unspecified atom stereocenters. The van der Waals surface area contributed by atoms with E-state index in [1.54, 1.807) is 11.2 Å². The molecule has 1 aliphatic heterocycles. The molecule has 0 bridgehead atoms. The van der Waals surface area contributed by atoms with Gasteiger partial charge >= 0.3 is 0 Å². The second kappa shape index (κ2) is 6.87. The third kappa shape index (κ3) is 3.84. The normalized spacial score (nSPS) is 20.7. The lowest BCUT2D eigenvalue weighted by Crippen LogP contribution is -2.51. The van der Waals surface area contributed by atoms with E-state index in [9.17, 15) is 9.90 Å². The predicted octanol–water partition coefficient (Wildman–Crippen LogP) is 0.960. The Balaban J connectivity index is 1.71. The van der Waals surface area contributed by atoms with Gasteiger partial charge in [0.25, 0.3) is 0 Å². The maximum Gasteiger partial charge on any atom is 0.227 e. The number of piperidine rings is 1. The van der Waals surface area contributed by atoms with Gasteiger partial charge in [0.2, 0.25) is 11.9 Å². The molecule has 1 N–H and O–H groups in total. The number of carbonyl (C=O) groups excluding carboxylic acids is 1. The summed E-state index contributed by atoms with van der Waals surface area (Å²) in [6.07, 6.45) is 3.46. The van der Waals surface area contributed by atoms with E-state index in [4.69, 9.17) is 4.42 Å². The summed E-state index contributed by atoms with van der Waals surface area (Å²) in [5, 5.41) is 19.4. The molecule has 0 spiro atoms. The lowest BCUT2D eigenvalue weighted by Gasteiger charge is -2.38. The number of amides is 1. The van der Waals surface area contributed by atoms with Crippen LogP contribution in [0.2, 0.25) is 0 Å². The van der Waals surface area contributed by atoms with E-state index in [2.05, 4.69) is 10.2 Å². The molecule has 2 aromatic rings. The van der Waals surface area contributed by atoms with Crippen molar-refractivity contribution in [2.45, 2.75) is 38.3 Å².